The Balaban J connectivity index is 2.07. The Bertz CT molecular complexity index is 1290. The molecule has 0 spiro atoms. The molecule has 60 heavy (non-hydrogen) atoms. The third-order valence-electron chi connectivity index (χ3n) is 12.9. The van der Waals surface area contributed by atoms with E-state index in [0.717, 1.165) is 0 Å². The first-order chi connectivity index (χ1) is 29.5. The van der Waals surface area contributed by atoms with Gasteiger partial charge in [-0.2, -0.15) is 0 Å². The van der Waals surface area contributed by atoms with Gasteiger partial charge in [-0.15, -0.1) is 22.7 Å². The highest BCUT2D eigenvalue weighted by Crippen LogP contribution is 2.42. The first-order valence-electron chi connectivity index (χ1n) is 26.5. The highest BCUT2D eigenvalue weighted by molar-refractivity contribution is 14.1. The van der Waals surface area contributed by atoms with Crippen LogP contribution < -0.4 is 0 Å². The first-order valence-corrected chi connectivity index (χ1v) is 30.3. The Morgan fingerprint density at radius 1 is 0.317 bits per heavy atom. The van der Waals surface area contributed by atoms with Crippen molar-refractivity contribution in [1.82, 2.24) is 0 Å². The van der Waals surface area contributed by atoms with Crippen LogP contribution >= 0.6 is 67.9 Å². The molecule has 2 atom stereocenters. The number of rotatable bonds is 40. The SMILES string of the molecule is CCCCCCCCCCCCC(C#Cc1c(I)sc2c(C#CC(CCCCCCCCCC)CCCCCCCCCCCC)c(I)sc12)CCCCCCCCCC. The normalized spacial score (nSPS) is 12.4. The predicted molar refractivity (Wildman–Crippen MR) is 293 cm³/mol. The van der Waals surface area contributed by atoms with Gasteiger partial charge in [0.1, 0.15) is 0 Å². The molecule has 4 heteroatoms. The van der Waals surface area contributed by atoms with E-state index >= 15 is 0 Å². The smallest absolute Gasteiger partial charge is 0.0831 e. The lowest BCUT2D eigenvalue weighted by atomic mass is 9.94. The molecule has 0 nitrogen and oxygen atoms in total. The molecule has 2 aromatic rings. The summed E-state index contributed by atoms with van der Waals surface area (Å²) in [4.78, 5) is 0. The lowest BCUT2D eigenvalue weighted by molar-refractivity contribution is 0.472. The van der Waals surface area contributed by atoms with Gasteiger partial charge in [-0.1, -0.05) is 283 Å². The molecule has 0 fully saturated rings. The minimum absolute atomic E-state index is 0.533. The van der Waals surface area contributed by atoms with Crippen molar-refractivity contribution < 1.29 is 0 Å². The summed E-state index contributed by atoms with van der Waals surface area (Å²) in [7, 11) is 0. The quantitative estimate of drug-likeness (QED) is 0.0354. The van der Waals surface area contributed by atoms with Crippen LogP contribution in [0.1, 0.15) is 296 Å². The third-order valence-corrected chi connectivity index (χ3v) is 17.4. The van der Waals surface area contributed by atoms with Crippen LogP contribution in [0.15, 0.2) is 0 Å². The number of hydrogen-bond donors (Lipinski definition) is 0. The standard InChI is InChI=1S/C56H94I2S2/c1-5-9-13-17-21-25-27-31-35-39-43-49(41-37-33-29-23-19-15-11-7-3)45-47-51-53-54(60-55(51)57)52(56(58)59-53)48-46-50(42-38-34-30-24-20-16-12-8-4)44-40-36-32-28-26-22-18-14-10-6-2/h49-50H,5-44H2,1-4H3. The van der Waals surface area contributed by atoms with Crippen molar-refractivity contribution in [3.8, 4) is 23.7 Å². The maximum absolute atomic E-state index is 3.90. The molecular weight excluding hydrogens is 991 g/mol. The van der Waals surface area contributed by atoms with Crippen LogP contribution in [0, 0.1) is 41.3 Å². The highest BCUT2D eigenvalue weighted by Gasteiger charge is 2.18. The van der Waals surface area contributed by atoms with E-state index in [1.54, 1.807) is 0 Å². The third kappa shape index (κ3) is 28.2. The van der Waals surface area contributed by atoms with Crippen LogP contribution in [0.3, 0.4) is 0 Å². The second-order valence-electron chi connectivity index (χ2n) is 18.6. The van der Waals surface area contributed by atoms with Crippen LogP contribution in [0.25, 0.3) is 9.40 Å². The summed E-state index contributed by atoms with van der Waals surface area (Å²) in [5.41, 5.74) is 2.60. The Hall–Kier alpha value is 0.240. The summed E-state index contributed by atoms with van der Waals surface area (Å²) in [6.07, 6.45) is 55.5. The van der Waals surface area contributed by atoms with Gasteiger partial charge in [0, 0.05) is 11.8 Å². The van der Waals surface area contributed by atoms with Gasteiger partial charge in [0.15, 0.2) is 0 Å². The fourth-order valence-electron chi connectivity index (χ4n) is 8.82. The summed E-state index contributed by atoms with van der Waals surface area (Å²) in [5, 5.41) is 0. The van der Waals surface area contributed by atoms with Crippen LogP contribution in [-0.2, 0) is 0 Å². The summed E-state index contributed by atoms with van der Waals surface area (Å²) in [6.45, 7) is 9.27. The van der Waals surface area contributed by atoms with Gasteiger partial charge in [-0.25, -0.2) is 0 Å². The summed E-state index contributed by atoms with van der Waals surface area (Å²) in [6, 6.07) is 0. The molecule has 0 saturated heterocycles. The predicted octanol–water partition coefficient (Wildman–Crippen LogP) is 21.8. The molecule has 2 heterocycles. The van der Waals surface area contributed by atoms with E-state index in [1.165, 1.54) is 283 Å². The van der Waals surface area contributed by atoms with Crippen molar-refractivity contribution in [1.29, 1.82) is 0 Å². The topological polar surface area (TPSA) is 0 Å². The van der Waals surface area contributed by atoms with Crippen LogP contribution in [-0.4, -0.2) is 0 Å². The molecule has 2 aromatic heterocycles. The average molecular weight is 1090 g/mol. The van der Waals surface area contributed by atoms with E-state index in [-0.39, 0.29) is 0 Å². The van der Waals surface area contributed by atoms with E-state index in [4.69, 9.17) is 0 Å². The van der Waals surface area contributed by atoms with E-state index < -0.39 is 0 Å². The monoisotopic (exact) mass is 1080 g/mol. The Kier molecular flexibility index (Phi) is 38.3. The number of hydrogen-bond acceptors (Lipinski definition) is 2. The number of thiophene rings is 2. The minimum Gasteiger partial charge on any atom is -0.126 e. The Labute approximate surface area is 410 Å². The molecule has 0 aliphatic rings. The number of fused-ring (bicyclic) bond motifs is 1. The van der Waals surface area contributed by atoms with E-state index in [0.29, 0.717) is 11.8 Å². The van der Waals surface area contributed by atoms with Crippen molar-refractivity contribution in [3.63, 3.8) is 0 Å². The van der Waals surface area contributed by atoms with Crippen LogP contribution in [0.4, 0.5) is 0 Å². The van der Waals surface area contributed by atoms with Gasteiger partial charge in [-0.3, -0.25) is 0 Å². The number of unbranched alkanes of at least 4 members (excludes halogenated alkanes) is 32. The fraction of sp³-hybridized carbons (Fsp3) is 0.821. The van der Waals surface area contributed by atoms with Gasteiger partial charge in [0.2, 0.25) is 0 Å². The molecule has 344 valence electrons. The molecule has 0 saturated carbocycles. The van der Waals surface area contributed by atoms with Crippen molar-refractivity contribution in [2.24, 2.45) is 11.8 Å². The van der Waals surface area contributed by atoms with Gasteiger partial charge >= 0.3 is 0 Å². The molecule has 2 unspecified atom stereocenters. The summed E-state index contributed by atoms with van der Waals surface area (Å²) in [5.74, 6) is 16.5. The first kappa shape index (κ1) is 56.4. The van der Waals surface area contributed by atoms with Crippen molar-refractivity contribution in [2.75, 3.05) is 0 Å². The maximum atomic E-state index is 3.90. The van der Waals surface area contributed by atoms with E-state index in [1.807, 2.05) is 22.7 Å². The highest BCUT2D eigenvalue weighted by atomic mass is 127. The zero-order valence-corrected chi connectivity index (χ0v) is 46.0. The maximum Gasteiger partial charge on any atom is 0.0831 e. The second kappa shape index (κ2) is 40.7. The molecule has 2 rings (SSSR count). The van der Waals surface area contributed by atoms with Crippen LogP contribution in [0.2, 0.25) is 0 Å². The Morgan fingerprint density at radius 2 is 0.517 bits per heavy atom. The lowest BCUT2D eigenvalue weighted by Gasteiger charge is -2.11. The fourth-order valence-corrected chi connectivity index (χ4v) is 13.5. The molecule has 0 N–H and O–H groups in total. The van der Waals surface area contributed by atoms with E-state index in [9.17, 15) is 0 Å². The Morgan fingerprint density at radius 3 is 0.733 bits per heavy atom. The van der Waals surface area contributed by atoms with Gasteiger partial charge in [-0.05, 0) is 70.9 Å². The molecular formula is C56H94I2S2. The van der Waals surface area contributed by atoms with E-state index in [2.05, 4.69) is 96.6 Å². The molecule has 0 amide bonds. The van der Waals surface area contributed by atoms with Crippen molar-refractivity contribution in [3.05, 3.63) is 16.9 Å². The largest absolute Gasteiger partial charge is 0.126 e. The zero-order valence-electron chi connectivity index (χ0n) is 40.0. The average Bonchev–Trinajstić information content (AvgIpc) is 3.72. The minimum atomic E-state index is 0.533. The summed E-state index contributed by atoms with van der Waals surface area (Å²) < 4.78 is 5.55. The second-order valence-corrected chi connectivity index (χ2v) is 24.2. The summed E-state index contributed by atoms with van der Waals surface area (Å²) >= 11 is 9.08. The molecule has 0 bridgehead atoms. The van der Waals surface area contributed by atoms with Crippen molar-refractivity contribution in [2.45, 2.75) is 285 Å². The van der Waals surface area contributed by atoms with Gasteiger partial charge < -0.3 is 0 Å². The molecule has 0 aliphatic heterocycles. The molecule has 0 aromatic carbocycles. The lowest BCUT2D eigenvalue weighted by Crippen LogP contribution is -1.98. The zero-order chi connectivity index (χ0) is 43.1. The molecule has 0 aliphatic carbocycles. The van der Waals surface area contributed by atoms with Gasteiger partial charge in [0.25, 0.3) is 0 Å². The number of halogens is 2. The molecule has 0 radical (unpaired) electrons. The van der Waals surface area contributed by atoms with Crippen molar-refractivity contribution >= 4 is 77.3 Å². The van der Waals surface area contributed by atoms with Crippen LogP contribution in [0.5, 0.6) is 0 Å². The van der Waals surface area contributed by atoms with Gasteiger partial charge in [0.05, 0.1) is 26.3 Å².